The first-order valence-corrected chi connectivity index (χ1v) is 9.96. The van der Waals surface area contributed by atoms with E-state index in [1.807, 2.05) is 30.3 Å². The Bertz CT molecular complexity index is 1240. The van der Waals surface area contributed by atoms with Crippen molar-refractivity contribution in [1.29, 1.82) is 0 Å². The summed E-state index contributed by atoms with van der Waals surface area (Å²) in [6, 6.07) is 13.1. The van der Waals surface area contributed by atoms with Crippen LogP contribution in [-0.2, 0) is 11.3 Å². The molecule has 0 fully saturated rings. The van der Waals surface area contributed by atoms with Gasteiger partial charge in [0.2, 0.25) is 0 Å². The third-order valence-corrected chi connectivity index (χ3v) is 5.22. The number of aromatic nitrogens is 3. The summed E-state index contributed by atoms with van der Waals surface area (Å²) in [6.07, 6.45) is 3.30. The smallest absolute Gasteiger partial charge is 0.355 e. The van der Waals surface area contributed by atoms with Gasteiger partial charge in [0.05, 0.1) is 18.7 Å². The van der Waals surface area contributed by atoms with Crippen molar-refractivity contribution in [1.82, 2.24) is 14.5 Å². The minimum atomic E-state index is -0.439. The van der Waals surface area contributed by atoms with Crippen molar-refractivity contribution in [3.63, 3.8) is 0 Å². The molecular weight excluding hydrogens is 388 g/mol. The number of benzene rings is 1. The van der Waals surface area contributed by atoms with E-state index in [-0.39, 0.29) is 6.61 Å². The molecule has 0 saturated carbocycles. The van der Waals surface area contributed by atoms with Gasteiger partial charge in [0.15, 0.2) is 4.80 Å². The van der Waals surface area contributed by atoms with Crippen molar-refractivity contribution < 1.29 is 14.3 Å². The number of hydrogen-bond donors (Lipinski definition) is 1. The second kappa shape index (κ2) is 8.24. The Kier molecular flexibility index (Phi) is 5.35. The van der Waals surface area contributed by atoms with Gasteiger partial charge in [-0.05, 0) is 24.6 Å². The lowest BCUT2D eigenvalue weighted by atomic mass is 10.2. The van der Waals surface area contributed by atoms with Crippen LogP contribution in [0.2, 0.25) is 0 Å². The molecule has 0 aliphatic rings. The average Bonchev–Trinajstić information content (AvgIpc) is 3.36. The van der Waals surface area contributed by atoms with Crippen LogP contribution in [0, 0.1) is 0 Å². The fourth-order valence-electron chi connectivity index (χ4n) is 3.00. The van der Waals surface area contributed by atoms with Gasteiger partial charge < -0.3 is 14.3 Å². The van der Waals surface area contributed by atoms with Crippen LogP contribution >= 0.6 is 11.3 Å². The molecule has 0 spiro atoms. The second-order valence-electron chi connectivity index (χ2n) is 6.21. The first kappa shape index (κ1) is 18.8. The predicted octanol–water partition coefficient (Wildman–Crippen LogP) is 3.39. The molecule has 0 radical (unpaired) electrons. The van der Waals surface area contributed by atoms with E-state index in [1.54, 1.807) is 41.4 Å². The maximum atomic E-state index is 12.9. The molecular formula is C21H18N4O3S. The SMILES string of the molecule is CCOC(=O)c1cs/c(=N\C(=O)c2ccnc3[nH]ccc23)n1Cc1ccccc1. The molecule has 0 atom stereocenters. The first-order chi connectivity index (χ1) is 14.2. The molecule has 29 heavy (non-hydrogen) atoms. The predicted molar refractivity (Wildman–Crippen MR) is 110 cm³/mol. The zero-order valence-electron chi connectivity index (χ0n) is 15.7. The normalized spacial score (nSPS) is 11.7. The van der Waals surface area contributed by atoms with E-state index >= 15 is 0 Å². The number of aromatic amines is 1. The molecule has 146 valence electrons. The zero-order valence-corrected chi connectivity index (χ0v) is 16.5. The number of H-pyrrole nitrogens is 1. The fourth-order valence-corrected chi connectivity index (χ4v) is 3.87. The topological polar surface area (TPSA) is 89.3 Å². The fraction of sp³-hybridized carbons (Fsp3) is 0.143. The minimum absolute atomic E-state index is 0.272. The molecule has 0 unspecified atom stereocenters. The lowest BCUT2D eigenvalue weighted by molar-refractivity contribution is 0.0513. The number of nitrogens with one attached hydrogen (secondary N) is 1. The molecule has 4 aromatic rings. The van der Waals surface area contributed by atoms with E-state index in [4.69, 9.17) is 4.74 Å². The highest BCUT2D eigenvalue weighted by atomic mass is 32.1. The van der Waals surface area contributed by atoms with Crippen LogP contribution in [0.5, 0.6) is 0 Å². The number of thiazole rings is 1. The summed E-state index contributed by atoms with van der Waals surface area (Å²) in [4.78, 5) is 37.2. The highest BCUT2D eigenvalue weighted by Gasteiger charge is 2.17. The zero-order chi connectivity index (χ0) is 20.2. The van der Waals surface area contributed by atoms with Crippen LogP contribution in [0.25, 0.3) is 11.0 Å². The molecule has 3 heterocycles. The number of pyridine rings is 1. The number of rotatable bonds is 5. The minimum Gasteiger partial charge on any atom is -0.461 e. The Morgan fingerprint density at radius 3 is 2.83 bits per heavy atom. The molecule has 7 nitrogen and oxygen atoms in total. The van der Waals surface area contributed by atoms with Gasteiger partial charge in [0.1, 0.15) is 11.3 Å². The number of fused-ring (bicyclic) bond motifs is 1. The van der Waals surface area contributed by atoms with Gasteiger partial charge >= 0.3 is 5.97 Å². The number of hydrogen-bond acceptors (Lipinski definition) is 5. The van der Waals surface area contributed by atoms with E-state index in [1.165, 1.54) is 11.3 Å². The molecule has 1 aromatic carbocycles. The highest BCUT2D eigenvalue weighted by molar-refractivity contribution is 7.07. The summed E-state index contributed by atoms with van der Waals surface area (Å²) in [6.45, 7) is 2.43. The Labute approximate surface area is 170 Å². The van der Waals surface area contributed by atoms with Crippen LogP contribution in [0.3, 0.4) is 0 Å². The van der Waals surface area contributed by atoms with Crippen molar-refractivity contribution >= 4 is 34.2 Å². The Morgan fingerprint density at radius 1 is 1.21 bits per heavy atom. The van der Waals surface area contributed by atoms with Crippen molar-refractivity contribution in [2.24, 2.45) is 4.99 Å². The monoisotopic (exact) mass is 406 g/mol. The molecule has 1 amide bonds. The lowest BCUT2D eigenvalue weighted by Gasteiger charge is -2.08. The van der Waals surface area contributed by atoms with E-state index in [0.717, 1.165) is 5.56 Å². The number of amides is 1. The molecule has 3 aromatic heterocycles. The second-order valence-corrected chi connectivity index (χ2v) is 7.05. The lowest BCUT2D eigenvalue weighted by Crippen LogP contribution is -2.23. The highest BCUT2D eigenvalue weighted by Crippen LogP contribution is 2.16. The number of carbonyl (C=O) groups excluding carboxylic acids is 2. The summed E-state index contributed by atoms with van der Waals surface area (Å²) in [7, 11) is 0. The Balaban J connectivity index is 1.79. The number of ether oxygens (including phenoxy) is 1. The van der Waals surface area contributed by atoms with Crippen molar-refractivity contribution in [2.75, 3.05) is 6.61 Å². The van der Waals surface area contributed by atoms with Crippen LogP contribution < -0.4 is 4.80 Å². The van der Waals surface area contributed by atoms with E-state index < -0.39 is 11.9 Å². The summed E-state index contributed by atoms with van der Waals surface area (Å²) in [5, 5.41) is 2.38. The molecule has 0 bridgehead atoms. The van der Waals surface area contributed by atoms with Gasteiger partial charge in [0, 0.05) is 23.2 Å². The molecule has 8 heteroatoms. The average molecular weight is 406 g/mol. The third kappa shape index (κ3) is 3.88. The number of carbonyl (C=O) groups is 2. The van der Waals surface area contributed by atoms with Gasteiger partial charge in [-0.25, -0.2) is 9.78 Å². The van der Waals surface area contributed by atoms with Crippen LogP contribution in [-0.4, -0.2) is 33.0 Å². The van der Waals surface area contributed by atoms with Gasteiger partial charge in [0.25, 0.3) is 5.91 Å². The van der Waals surface area contributed by atoms with E-state index in [0.29, 0.717) is 33.6 Å². The molecule has 0 aliphatic carbocycles. The first-order valence-electron chi connectivity index (χ1n) is 9.08. The third-order valence-electron chi connectivity index (χ3n) is 4.35. The van der Waals surface area contributed by atoms with Crippen molar-refractivity contribution in [3.05, 3.63) is 81.9 Å². The van der Waals surface area contributed by atoms with Crippen LogP contribution in [0.4, 0.5) is 0 Å². The van der Waals surface area contributed by atoms with Crippen LogP contribution in [0.15, 0.2) is 65.2 Å². The summed E-state index contributed by atoms with van der Waals surface area (Å²) in [5.41, 5.74) is 2.44. The van der Waals surface area contributed by atoms with E-state index in [9.17, 15) is 9.59 Å². The van der Waals surface area contributed by atoms with Crippen molar-refractivity contribution in [3.8, 4) is 0 Å². The quantitative estimate of drug-likeness (QED) is 0.515. The van der Waals surface area contributed by atoms with Crippen molar-refractivity contribution in [2.45, 2.75) is 13.5 Å². The summed E-state index contributed by atoms with van der Waals surface area (Å²) >= 11 is 1.23. The molecule has 0 aliphatic heterocycles. The summed E-state index contributed by atoms with van der Waals surface area (Å²) < 4.78 is 6.88. The van der Waals surface area contributed by atoms with Gasteiger partial charge in [-0.2, -0.15) is 4.99 Å². The van der Waals surface area contributed by atoms with Gasteiger partial charge in [-0.15, -0.1) is 11.3 Å². The standard InChI is InChI=1S/C21H18N4O3S/c1-2-28-20(27)17-13-29-21(25(17)12-14-6-4-3-5-7-14)24-19(26)16-9-11-23-18-15(16)8-10-22-18/h3-11,13H,2,12H2,1H3,(H,22,23)/b24-21-. The summed E-state index contributed by atoms with van der Waals surface area (Å²) in [5.74, 6) is -0.832. The molecule has 4 rings (SSSR count). The Morgan fingerprint density at radius 2 is 2.03 bits per heavy atom. The molecule has 0 saturated heterocycles. The van der Waals surface area contributed by atoms with Crippen LogP contribution in [0.1, 0.15) is 33.3 Å². The molecule has 1 N–H and O–H groups in total. The maximum Gasteiger partial charge on any atom is 0.355 e. The van der Waals surface area contributed by atoms with Gasteiger partial charge in [-0.1, -0.05) is 30.3 Å². The van der Waals surface area contributed by atoms with Gasteiger partial charge in [-0.3, -0.25) is 4.79 Å². The Hall–Kier alpha value is -3.52. The largest absolute Gasteiger partial charge is 0.461 e. The van der Waals surface area contributed by atoms with E-state index in [2.05, 4.69) is 15.0 Å². The maximum absolute atomic E-state index is 12.9. The number of esters is 1. The number of nitrogens with zero attached hydrogens (tertiary/aromatic N) is 3.